The van der Waals surface area contributed by atoms with Crippen molar-refractivity contribution >= 4 is 12.2 Å². The number of nitrogen functional groups attached to an aromatic ring is 1. The molecule has 0 amide bonds. The number of nitrogens with zero attached hydrogens (tertiary/aromatic N) is 2. The molecule has 0 radical (unpaired) electrons. The summed E-state index contributed by atoms with van der Waals surface area (Å²) in [5, 5.41) is 6.20. The van der Waals surface area contributed by atoms with Gasteiger partial charge in [0.15, 0.2) is 5.82 Å². The lowest BCUT2D eigenvalue weighted by atomic mass is 10.1. The van der Waals surface area contributed by atoms with Crippen LogP contribution in [0.1, 0.15) is 5.56 Å². The molecule has 7 heteroatoms. The highest BCUT2D eigenvalue weighted by Gasteiger charge is 2.14. The largest absolute Gasteiger partial charge is 0.335 e. The van der Waals surface area contributed by atoms with Crippen LogP contribution in [0.2, 0.25) is 0 Å². The predicted octanol–water partition coefficient (Wildman–Crippen LogP) is 1.91. The van der Waals surface area contributed by atoms with Gasteiger partial charge in [0, 0.05) is 6.07 Å². The summed E-state index contributed by atoms with van der Waals surface area (Å²) < 4.78 is 27.8. The first kappa shape index (κ1) is 10.7. The minimum absolute atomic E-state index is 0.105. The highest BCUT2D eigenvalue weighted by Crippen LogP contribution is 2.22. The van der Waals surface area contributed by atoms with E-state index in [-0.39, 0.29) is 16.2 Å². The minimum Gasteiger partial charge on any atom is -0.335 e. The third kappa shape index (κ3) is 1.58. The molecular formula is C9H8F2N4S. The normalized spacial score (nSPS) is 10.7. The van der Waals surface area contributed by atoms with Gasteiger partial charge < -0.3 is 5.84 Å². The van der Waals surface area contributed by atoms with Gasteiger partial charge >= 0.3 is 0 Å². The number of aromatic nitrogens is 3. The molecule has 0 unspecified atom stereocenters. The molecule has 0 saturated heterocycles. The van der Waals surface area contributed by atoms with Gasteiger partial charge in [-0.25, -0.2) is 18.6 Å². The number of aromatic amines is 1. The van der Waals surface area contributed by atoms with E-state index >= 15 is 0 Å². The maximum Gasteiger partial charge on any atom is 0.214 e. The molecule has 16 heavy (non-hydrogen) atoms. The van der Waals surface area contributed by atoms with Crippen LogP contribution in [-0.2, 0) is 0 Å². The number of hydrogen-bond donors (Lipinski definition) is 2. The van der Waals surface area contributed by atoms with Gasteiger partial charge in [0.2, 0.25) is 4.77 Å². The van der Waals surface area contributed by atoms with Crippen molar-refractivity contribution in [2.45, 2.75) is 6.92 Å². The Morgan fingerprint density at radius 2 is 2.06 bits per heavy atom. The van der Waals surface area contributed by atoms with E-state index in [1.54, 1.807) is 0 Å². The summed E-state index contributed by atoms with van der Waals surface area (Å²) in [5.41, 5.74) is 0.416. The van der Waals surface area contributed by atoms with E-state index in [4.69, 9.17) is 18.1 Å². The average Bonchev–Trinajstić information content (AvgIpc) is 2.54. The monoisotopic (exact) mass is 242 g/mol. The van der Waals surface area contributed by atoms with Crippen molar-refractivity contribution in [1.82, 2.24) is 14.9 Å². The van der Waals surface area contributed by atoms with Gasteiger partial charge in [-0.1, -0.05) is 0 Å². The summed E-state index contributed by atoms with van der Waals surface area (Å²) in [5.74, 6) is 4.34. The molecule has 0 aliphatic heterocycles. The second-order valence-corrected chi connectivity index (χ2v) is 3.69. The first-order valence-corrected chi connectivity index (χ1v) is 4.80. The highest BCUT2D eigenvalue weighted by atomic mass is 32.1. The van der Waals surface area contributed by atoms with Gasteiger partial charge in [-0.3, -0.25) is 0 Å². The molecule has 1 aromatic carbocycles. The van der Waals surface area contributed by atoms with Crippen LogP contribution in [-0.4, -0.2) is 14.9 Å². The molecule has 0 saturated carbocycles. The van der Waals surface area contributed by atoms with Crippen molar-refractivity contribution < 1.29 is 8.78 Å². The van der Waals surface area contributed by atoms with Gasteiger partial charge in [0.05, 0.1) is 5.56 Å². The quantitative estimate of drug-likeness (QED) is 0.593. The minimum atomic E-state index is -0.733. The van der Waals surface area contributed by atoms with E-state index < -0.39 is 11.6 Å². The van der Waals surface area contributed by atoms with Gasteiger partial charge in [-0.15, -0.1) is 0 Å². The van der Waals surface area contributed by atoms with Crippen LogP contribution in [0.25, 0.3) is 11.4 Å². The molecule has 0 spiro atoms. The molecule has 2 rings (SSSR count). The lowest BCUT2D eigenvalue weighted by Gasteiger charge is -2.04. The topological polar surface area (TPSA) is 59.6 Å². The average molecular weight is 242 g/mol. The third-order valence-electron chi connectivity index (χ3n) is 2.19. The fourth-order valence-corrected chi connectivity index (χ4v) is 1.46. The van der Waals surface area contributed by atoms with Crippen molar-refractivity contribution in [3.05, 3.63) is 34.1 Å². The zero-order chi connectivity index (χ0) is 11.9. The van der Waals surface area contributed by atoms with E-state index in [9.17, 15) is 8.78 Å². The number of aryl methyl sites for hydroxylation is 1. The first-order chi connectivity index (χ1) is 7.50. The van der Waals surface area contributed by atoms with Crippen LogP contribution < -0.4 is 5.84 Å². The third-order valence-corrected chi connectivity index (χ3v) is 2.48. The molecule has 0 atom stereocenters. The van der Waals surface area contributed by atoms with Crippen molar-refractivity contribution in [2.24, 2.45) is 0 Å². The number of rotatable bonds is 1. The molecule has 0 aliphatic carbocycles. The Labute approximate surface area is 94.7 Å². The molecule has 0 fully saturated rings. The lowest BCUT2D eigenvalue weighted by molar-refractivity contribution is 0.578. The molecule has 0 aliphatic rings. The van der Waals surface area contributed by atoms with Crippen molar-refractivity contribution in [1.29, 1.82) is 0 Å². The van der Waals surface area contributed by atoms with E-state index in [1.807, 2.05) is 0 Å². The first-order valence-electron chi connectivity index (χ1n) is 4.39. The van der Waals surface area contributed by atoms with E-state index in [2.05, 4.69) is 10.2 Å². The van der Waals surface area contributed by atoms with Crippen LogP contribution >= 0.6 is 12.2 Å². The fraction of sp³-hybridized carbons (Fsp3) is 0.111. The number of nitrogens with one attached hydrogen (secondary N) is 1. The summed E-state index contributed by atoms with van der Waals surface area (Å²) in [7, 11) is 0. The number of nitrogens with two attached hydrogens (primary N) is 1. The fourth-order valence-electron chi connectivity index (χ4n) is 1.32. The number of hydrogen-bond acceptors (Lipinski definition) is 3. The molecule has 1 heterocycles. The Balaban J connectivity index is 2.69. The smallest absolute Gasteiger partial charge is 0.214 e. The Kier molecular flexibility index (Phi) is 2.47. The van der Waals surface area contributed by atoms with Crippen molar-refractivity contribution in [3.8, 4) is 11.4 Å². The van der Waals surface area contributed by atoms with Crippen LogP contribution in [0.4, 0.5) is 8.78 Å². The van der Waals surface area contributed by atoms with Crippen LogP contribution in [0, 0.1) is 23.3 Å². The molecule has 2 aromatic rings. The second-order valence-electron chi connectivity index (χ2n) is 3.30. The maximum atomic E-state index is 13.5. The van der Waals surface area contributed by atoms with E-state index in [0.29, 0.717) is 5.56 Å². The Morgan fingerprint density at radius 3 is 2.62 bits per heavy atom. The van der Waals surface area contributed by atoms with E-state index in [0.717, 1.165) is 10.7 Å². The molecule has 84 valence electrons. The number of halogens is 2. The molecule has 0 bridgehead atoms. The van der Waals surface area contributed by atoms with Crippen molar-refractivity contribution in [2.75, 3.05) is 5.84 Å². The zero-order valence-corrected chi connectivity index (χ0v) is 9.11. The summed E-state index contributed by atoms with van der Waals surface area (Å²) in [6, 6.07) is 2.13. The van der Waals surface area contributed by atoms with Gasteiger partial charge in [-0.2, -0.15) is 5.10 Å². The van der Waals surface area contributed by atoms with Crippen LogP contribution in [0.15, 0.2) is 12.1 Å². The second kappa shape index (κ2) is 3.67. The Bertz CT molecular complexity index is 602. The summed E-state index contributed by atoms with van der Waals surface area (Å²) in [6.07, 6.45) is 0. The number of benzene rings is 1. The Hall–Kier alpha value is -1.76. The maximum absolute atomic E-state index is 13.5. The lowest BCUT2D eigenvalue weighted by Crippen LogP contribution is -2.10. The summed E-state index contributed by atoms with van der Waals surface area (Å²) in [4.78, 5) is 0. The molecule has 3 N–H and O–H groups in total. The standard InChI is InChI=1S/C9H8F2N4S/c1-4-2-5(7(11)3-6(4)10)8-13-14-9(16)15(8)12/h2-3H,12H2,1H3,(H,14,16). The number of H-pyrrole nitrogens is 1. The van der Waals surface area contributed by atoms with Gasteiger partial charge in [0.25, 0.3) is 0 Å². The Morgan fingerprint density at radius 1 is 1.38 bits per heavy atom. The summed E-state index contributed by atoms with van der Waals surface area (Å²) in [6.45, 7) is 1.53. The zero-order valence-electron chi connectivity index (χ0n) is 8.29. The summed E-state index contributed by atoms with van der Waals surface area (Å²) >= 11 is 4.80. The predicted molar refractivity (Wildman–Crippen MR) is 57.7 cm³/mol. The van der Waals surface area contributed by atoms with Gasteiger partial charge in [-0.05, 0) is 30.8 Å². The molecule has 4 nitrogen and oxygen atoms in total. The highest BCUT2D eigenvalue weighted by molar-refractivity contribution is 7.71. The van der Waals surface area contributed by atoms with E-state index in [1.165, 1.54) is 13.0 Å². The van der Waals surface area contributed by atoms with Crippen LogP contribution in [0.5, 0.6) is 0 Å². The van der Waals surface area contributed by atoms with Gasteiger partial charge in [0.1, 0.15) is 11.6 Å². The van der Waals surface area contributed by atoms with Crippen molar-refractivity contribution in [3.63, 3.8) is 0 Å². The van der Waals surface area contributed by atoms with Crippen LogP contribution in [0.3, 0.4) is 0 Å². The molecular weight excluding hydrogens is 234 g/mol. The molecule has 1 aromatic heterocycles. The SMILES string of the molecule is Cc1cc(-c2n[nH]c(=S)n2N)c(F)cc1F.